The topological polar surface area (TPSA) is 81.2 Å². The lowest BCUT2D eigenvalue weighted by Gasteiger charge is -2.06. The van der Waals surface area contributed by atoms with Crippen molar-refractivity contribution < 1.29 is 9.47 Å². The van der Waals surface area contributed by atoms with Gasteiger partial charge in [-0.1, -0.05) is 6.92 Å². The van der Waals surface area contributed by atoms with Gasteiger partial charge in [-0.25, -0.2) is 4.98 Å². The van der Waals surface area contributed by atoms with E-state index in [9.17, 15) is 0 Å². The summed E-state index contributed by atoms with van der Waals surface area (Å²) in [5.74, 6) is 0.524. The number of pyridine rings is 1. The van der Waals surface area contributed by atoms with E-state index in [-0.39, 0.29) is 5.84 Å². The van der Waals surface area contributed by atoms with Gasteiger partial charge in [-0.3, -0.25) is 5.41 Å². The third-order valence-corrected chi connectivity index (χ3v) is 1.87. The van der Waals surface area contributed by atoms with Crippen LogP contribution < -0.4 is 10.5 Å². The van der Waals surface area contributed by atoms with Gasteiger partial charge in [0.25, 0.3) is 0 Å². The highest BCUT2D eigenvalue weighted by atomic mass is 16.5. The molecule has 1 aromatic heterocycles. The molecule has 0 unspecified atom stereocenters. The minimum absolute atomic E-state index is 0.00493. The van der Waals surface area contributed by atoms with Crippen LogP contribution in [0.5, 0.6) is 5.88 Å². The molecule has 0 spiro atoms. The summed E-state index contributed by atoms with van der Waals surface area (Å²) in [7, 11) is 0. The molecular weight excluding hydrogens is 206 g/mol. The molecule has 1 heterocycles. The molecule has 88 valence electrons. The average molecular weight is 223 g/mol. The van der Waals surface area contributed by atoms with Crippen molar-refractivity contribution in [2.24, 2.45) is 5.73 Å². The van der Waals surface area contributed by atoms with E-state index in [1.165, 1.54) is 6.20 Å². The summed E-state index contributed by atoms with van der Waals surface area (Å²) in [5, 5.41) is 7.20. The molecule has 0 bridgehead atoms. The van der Waals surface area contributed by atoms with Crippen LogP contribution in [-0.2, 0) is 4.74 Å². The lowest BCUT2D eigenvalue weighted by molar-refractivity contribution is 0.0990. The molecule has 0 aliphatic carbocycles. The Bertz CT molecular complexity index is 325. The summed E-state index contributed by atoms with van der Waals surface area (Å²) in [5.41, 5.74) is 5.89. The van der Waals surface area contributed by atoms with Crippen molar-refractivity contribution in [3.63, 3.8) is 0 Å². The van der Waals surface area contributed by atoms with Crippen molar-refractivity contribution in [2.75, 3.05) is 19.8 Å². The monoisotopic (exact) mass is 223 g/mol. The summed E-state index contributed by atoms with van der Waals surface area (Å²) in [6.45, 7) is 3.85. The zero-order valence-electron chi connectivity index (χ0n) is 9.40. The Balaban J connectivity index is 2.29. The molecule has 0 aliphatic heterocycles. The van der Waals surface area contributed by atoms with Crippen LogP contribution in [0.4, 0.5) is 0 Å². The van der Waals surface area contributed by atoms with Crippen LogP contribution in [-0.4, -0.2) is 30.6 Å². The Labute approximate surface area is 95.1 Å². The molecule has 3 N–H and O–H groups in total. The predicted octanol–water partition coefficient (Wildman–Crippen LogP) is 1.17. The third-order valence-electron chi connectivity index (χ3n) is 1.87. The molecule has 1 rings (SSSR count). The first kappa shape index (κ1) is 12.4. The first-order valence-electron chi connectivity index (χ1n) is 5.25. The fourth-order valence-corrected chi connectivity index (χ4v) is 1.08. The molecule has 16 heavy (non-hydrogen) atoms. The van der Waals surface area contributed by atoms with Crippen LogP contribution in [0.15, 0.2) is 18.3 Å². The minimum Gasteiger partial charge on any atom is -0.475 e. The van der Waals surface area contributed by atoms with E-state index in [0.717, 1.165) is 13.0 Å². The van der Waals surface area contributed by atoms with Crippen LogP contribution in [0.3, 0.4) is 0 Å². The Kier molecular flexibility index (Phi) is 5.28. The second kappa shape index (κ2) is 6.79. The van der Waals surface area contributed by atoms with Crippen molar-refractivity contribution in [3.8, 4) is 5.88 Å². The number of nitrogens with one attached hydrogen (secondary N) is 1. The highest BCUT2D eigenvalue weighted by molar-refractivity contribution is 5.94. The highest BCUT2D eigenvalue weighted by Crippen LogP contribution is 2.06. The Morgan fingerprint density at radius 2 is 2.19 bits per heavy atom. The van der Waals surface area contributed by atoms with Crippen molar-refractivity contribution in [3.05, 3.63) is 23.9 Å². The van der Waals surface area contributed by atoms with Crippen LogP contribution >= 0.6 is 0 Å². The molecule has 0 atom stereocenters. The van der Waals surface area contributed by atoms with Crippen molar-refractivity contribution in [1.29, 1.82) is 5.41 Å². The van der Waals surface area contributed by atoms with Gasteiger partial charge in [0.05, 0.1) is 6.61 Å². The second-order valence-electron chi connectivity index (χ2n) is 3.26. The molecule has 0 amide bonds. The zero-order chi connectivity index (χ0) is 11.8. The molecule has 0 saturated heterocycles. The summed E-state index contributed by atoms with van der Waals surface area (Å²) < 4.78 is 10.6. The smallest absolute Gasteiger partial charge is 0.213 e. The number of ether oxygens (including phenoxy) is 2. The number of hydrogen-bond donors (Lipinski definition) is 2. The van der Waals surface area contributed by atoms with E-state index >= 15 is 0 Å². The van der Waals surface area contributed by atoms with Crippen LogP contribution in [0.25, 0.3) is 0 Å². The maximum Gasteiger partial charge on any atom is 0.213 e. The number of hydrogen-bond acceptors (Lipinski definition) is 4. The number of nitrogens with zero attached hydrogens (tertiary/aromatic N) is 1. The molecule has 1 aromatic rings. The van der Waals surface area contributed by atoms with Crippen molar-refractivity contribution >= 4 is 5.84 Å². The first-order chi connectivity index (χ1) is 7.74. The van der Waals surface area contributed by atoms with E-state index in [1.807, 2.05) is 0 Å². The summed E-state index contributed by atoms with van der Waals surface area (Å²) in [4.78, 5) is 4.02. The van der Waals surface area contributed by atoms with Gasteiger partial charge in [-0.05, 0) is 12.5 Å². The second-order valence-corrected chi connectivity index (χ2v) is 3.26. The van der Waals surface area contributed by atoms with E-state index in [0.29, 0.717) is 24.7 Å². The van der Waals surface area contributed by atoms with Gasteiger partial charge in [0, 0.05) is 24.4 Å². The highest BCUT2D eigenvalue weighted by Gasteiger charge is 1.98. The van der Waals surface area contributed by atoms with Gasteiger partial charge in [-0.2, -0.15) is 0 Å². The summed E-state index contributed by atoms with van der Waals surface area (Å²) in [6, 6.07) is 3.40. The maximum absolute atomic E-state index is 7.20. The van der Waals surface area contributed by atoms with Gasteiger partial charge in [0.15, 0.2) is 0 Å². The van der Waals surface area contributed by atoms with Gasteiger partial charge < -0.3 is 15.2 Å². The summed E-state index contributed by atoms with van der Waals surface area (Å²) in [6.07, 6.45) is 2.52. The fourth-order valence-electron chi connectivity index (χ4n) is 1.08. The lowest BCUT2D eigenvalue weighted by atomic mass is 10.3. The Morgan fingerprint density at radius 1 is 1.38 bits per heavy atom. The van der Waals surface area contributed by atoms with E-state index < -0.39 is 0 Å². The largest absolute Gasteiger partial charge is 0.475 e. The Morgan fingerprint density at radius 3 is 2.75 bits per heavy atom. The molecule has 0 aromatic carbocycles. The third kappa shape index (κ3) is 4.27. The number of nitrogen functional groups attached to an aromatic ring is 1. The lowest BCUT2D eigenvalue weighted by Crippen LogP contribution is -2.12. The quantitative estimate of drug-likeness (QED) is 0.413. The molecule has 0 fully saturated rings. The number of amidine groups is 1. The molecular formula is C11H17N3O2. The van der Waals surface area contributed by atoms with Gasteiger partial charge >= 0.3 is 0 Å². The molecule has 5 nitrogen and oxygen atoms in total. The van der Waals surface area contributed by atoms with E-state index in [1.54, 1.807) is 12.1 Å². The number of aromatic nitrogens is 1. The van der Waals surface area contributed by atoms with Crippen LogP contribution in [0.2, 0.25) is 0 Å². The van der Waals surface area contributed by atoms with Crippen LogP contribution in [0, 0.1) is 5.41 Å². The normalized spacial score (nSPS) is 10.1. The first-order valence-corrected chi connectivity index (χ1v) is 5.25. The van der Waals surface area contributed by atoms with Gasteiger partial charge in [0.2, 0.25) is 5.88 Å². The van der Waals surface area contributed by atoms with Crippen molar-refractivity contribution in [1.82, 2.24) is 4.98 Å². The molecule has 0 radical (unpaired) electrons. The molecule has 0 aliphatic rings. The predicted molar refractivity (Wildman–Crippen MR) is 61.9 cm³/mol. The number of nitrogens with two attached hydrogens (primary N) is 1. The fraction of sp³-hybridized carbons (Fsp3) is 0.455. The van der Waals surface area contributed by atoms with Gasteiger partial charge in [-0.15, -0.1) is 0 Å². The maximum atomic E-state index is 7.20. The SMILES string of the molecule is CCCOCCOc1ccc(C(=N)N)cn1. The standard InChI is InChI=1S/C11H17N3O2/c1-2-5-15-6-7-16-10-4-3-9(8-14-10)11(12)13/h3-4,8H,2,5-7H2,1H3,(H3,12,13). The molecule has 0 saturated carbocycles. The van der Waals surface area contributed by atoms with Crippen molar-refractivity contribution in [2.45, 2.75) is 13.3 Å². The Hall–Kier alpha value is -1.62. The molecule has 5 heteroatoms. The zero-order valence-corrected chi connectivity index (χ0v) is 9.40. The average Bonchev–Trinajstić information content (AvgIpc) is 2.29. The van der Waals surface area contributed by atoms with E-state index in [2.05, 4.69) is 11.9 Å². The minimum atomic E-state index is 0.00493. The van der Waals surface area contributed by atoms with E-state index in [4.69, 9.17) is 20.6 Å². The summed E-state index contributed by atoms with van der Waals surface area (Å²) >= 11 is 0. The van der Waals surface area contributed by atoms with Crippen LogP contribution in [0.1, 0.15) is 18.9 Å². The van der Waals surface area contributed by atoms with Gasteiger partial charge in [0.1, 0.15) is 12.4 Å². The number of rotatable bonds is 7.